The third-order valence-electron chi connectivity index (χ3n) is 4.30. The second-order valence-corrected chi connectivity index (χ2v) is 6.89. The van der Waals surface area contributed by atoms with Crippen molar-refractivity contribution in [3.63, 3.8) is 0 Å². The molecule has 1 unspecified atom stereocenters. The summed E-state index contributed by atoms with van der Waals surface area (Å²) >= 11 is 0. The zero-order valence-corrected chi connectivity index (χ0v) is 16.5. The quantitative estimate of drug-likeness (QED) is 0.416. The van der Waals surface area contributed by atoms with Crippen LogP contribution >= 0.6 is 0 Å². The lowest BCUT2D eigenvalue weighted by molar-refractivity contribution is -0.0196. The highest BCUT2D eigenvalue weighted by atomic mass is 16.6. The van der Waals surface area contributed by atoms with E-state index in [1.54, 1.807) is 47.1 Å². The summed E-state index contributed by atoms with van der Waals surface area (Å²) in [6.07, 6.45) is 5.30. The first-order chi connectivity index (χ1) is 15.1. The number of amides is 1. The Balaban J connectivity index is 0.000000710. The molecule has 1 saturated carbocycles. The van der Waals surface area contributed by atoms with Gasteiger partial charge in [0.25, 0.3) is 5.95 Å². The molecule has 1 amide bonds. The number of rotatable bonds is 5. The van der Waals surface area contributed by atoms with Gasteiger partial charge >= 0.3 is 6.09 Å². The molecule has 0 bridgehead atoms. The summed E-state index contributed by atoms with van der Waals surface area (Å²) in [5.41, 5.74) is 2.61. The number of carbonyl (C=O) groups is 1. The highest BCUT2D eigenvalue weighted by Crippen LogP contribution is 2.25. The number of fused-ring (bicyclic) bond motifs is 1. The number of nitrogens with one attached hydrogen (secondary N) is 1. The number of ether oxygens (including phenoxy) is 1. The van der Waals surface area contributed by atoms with Crippen LogP contribution in [-0.2, 0) is 0 Å². The topological polar surface area (TPSA) is 122 Å². The predicted octanol–water partition coefficient (Wildman–Crippen LogP) is 4.12. The van der Waals surface area contributed by atoms with E-state index in [1.807, 2.05) is 18.2 Å². The molecule has 9 heteroatoms. The lowest BCUT2D eigenvalue weighted by atomic mass is 10.1. The smallest absolute Gasteiger partial charge is 0.411 e. The van der Waals surface area contributed by atoms with E-state index >= 15 is 0 Å². The number of aliphatic hydroxyl groups excluding tert-OH is 1. The summed E-state index contributed by atoms with van der Waals surface area (Å²) in [7, 11) is 0. The lowest BCUT2D eigenvalue weighted by Gasteiger charge is -2.13. The summed E-state index contributed by atoms with van der Waals surface area (Å²) < 4.78 is 7.08. The summed E-state index contributed by atoms with van der Waals surface area (Å²) in [5.74, 6) is 0.485. The Morgan fingerprint density at radius 3 is 2.48 bits per heavy atom. The van der Waals surface area contributed by atoms with Crippen molar-refractivity contribution in [2.24, 2.45) is 0 Å². The highest BCUT2D eigenvalue weighted by Gasteiger charge is 2.12. The first-order valence-corrected chi connectivity index (χ1v) is 9.81. The molecule has 1 aliphatic carbocycles. The number of carboxylic acid groups (broad SMARTS) is 1. The third kappa shape index (κ3) is 5.34. The van der Waals surface area contributed by atoms with Crippen LogP contribution < -0.4 is 10.1 Å². The summed E-state index contributed by atoms with van der Waals surface area (Å²) in [5, 5.41) is 25.3. The van der Waals surface area contributed by atoms with Gasteiger partial charge in [-0.2, -0.15) is 4.98 Å². The van der Waals surface area contributed by atoms with Gasteiger partial charge in [-0.25, -0.2) is 9.31 Å². The van der Waals surface area contributed by atoms with Gasteiger partial charge in [0.1, 0.15) is 5.75 Å². The number of hydrogen-bond acceptors (Lipinski definition) is 6. The maximum absolute atomic E-state index is 10.8. The molecule has 3 heterocycles. The Bertz CT molecular complexity index is 1160. The van der Waals surface area contributed by atoms with Gasteiger partial charge in [0, 0.05) is 23.5 Å². The standard InChI is InChI=1S/C19H15N5O4.C3H6/c25-17(13-3-2-10-20-11-13)28-14-8-6-12(7-9-14)15-4-1-5-16-21-18(22-19(26)27)23-24(15)16;1-2-3-1/h1-11,17,25H,(H,22,23)(H,26,27);1-3H2. The molecule has 9 nitrogen and oxygen atoms in total. The maximum atomic E-state index is 10.8. The first-order valence-electron chi connectivity index (χ1n) is 9.81. The molecule has 0 spiro atoms. The van der Waals surface area contributed by atoms with Gasteiger partial charge in [0.15, 0.2) is 5.65 Å². The van der Waals surface area contributed by atoms with E-state index in [-0.39, 0.29) is 5.95 Å². The fourth-order valence-corrected chi connectivity index (χ4v) is 2.70. The van der Waals surface area contributed by atoms with E-state index in [1.165, 1.54) is 25.5 Å². The van der Waals surface area contributed by atoms with Gasteiger partial charge in [-0.1, -0.05) is 25.3 Å². The van der Waals surface area contributed by atoms with Crippen molar-refractivity contribution >= 4 is 17.7 Å². The Kier molecular flexibility index (Phi) is 6.04. The predicted molar refractivity (Wildman–Crippen MR) is 114 cm³/mol. The van der Waals surface area contributed by atoms with Crippen LogP contribution in [0.2, 0.25) is 0 Å². The van der Waals surface area contributed by atoms with E-state index in [0.29, 0.717) is 17.0 Å². The zero-order chi connectivity index (χ0) is 21.6. The lowest BCUT2D eigenvalue weighted by Crippen LogP contribution is -2.08. The van der Waals surface area contributed by atoms with Gasteiger partial charge in [0.2, 0.25) is 6.29 Å². The molecule has 0 aliphatic heterocycles. The van der Waals surface area contributed by atoms with Gasteiger partial charge in [-0.3, -0.25) is 10.3 Å². The monoisotopic (exact) mass is 419 g/mol. The van der Waals surface area contributed by atoms with Gasteiger partial charge in [-0.15, -0.1) is 5.10 Å². The largest absolute Gasteiger partial charge is 0.465 e. The van der Waals surface area contributed by atoms with Crippen molar-refractivity contribution in [1.29, 1.82) is 0 Å². The van der Waals surface area contributed by atoms with Crippen molar-refractivity contribution in [1.82, 2.24) is 19.6 Å². The van der Waals surface area contributed by atoms with Crippen LogP contribution in [0.25, 0.3) is 16.9 Å². The number of aromatic nitrogens is 4. The molecule has 0 radical (unpaired) electrons. The normalized spacial score (nSPS) is 13.1. The SMILES string of the molecule is C1CC1.O=C(O)Nc1nc2cccc(-c3ccc(OC(O)c4cccnc4)cc3)n2n1. The molecule has 5 rings (SSSR count). The Hall–Kier alpha value is -3.98. The number of pyridine rings is 2. The van der Waals surface area contributed by atoms with Crippen molar-refractivity contribution in [3.8, 4) is 17.0 Å². The molecule has 1 atom stereocenters. The number of nitrogens with zero attached hydrogens (tertiary/aromatic N) is 4. The minimum atomic E-state index is -1.23. The minimum Gasteiger partial charge on any atom is -0.465 e. The molecule has 158 valence electrons. The van der Waals surface area contributed by atoms with Gasteiger partial charge in [0.05, 0.1) is 5.69 Å². The molecule has 1 aromatic carbocycles. The number of benzene rings is 1. The van der Waals surface area contributed by atoms with Gasteiger partial charge < -0.3 is 14.9 Å². The van der Waals surface area contributed by atoms with Crippen molar-refractivity contribution in [3.05, 3.63) is 72.6 Å². The van der Waals surface area contributed by atoms with Crippen molar-refractivity contribution in [2.45, 2.75) is 25.6 Å². The van der Waals surface area contributed by atoms with E-state index in [2.05, 4.69) is 20.4 Å². The minimum absolute atomic E-state index is 0.000466. The third-order valence-corrected chi connectivity index (χ3v) is 4.30. The Morgan fingerprint density at radius 1 is 1.06 bits per heavy atom. The Morgan fingerprint density at radius 2 is 1.84 bits per heavy atom. The molecule has 4 aromatic rings. The van der Waals surface area contributed by atoms with Crippen molar-refractivity contribution in [2.75, 3.05) is 5.32 Å². The van der Waals surface area contributed by atoms with Crippen LogP contribution in [0.5, 0.6) is 5.75 Å². The van der Waals surface area contributed by atoms with Crippen LogP contribution in [0.15, 0.2) is 67.0 Å². The second kappa shape index (κ2) is 9.23. The average Bonchev–Trinajstić information content (AvgIpc) is 3.61. The molecule has 3 aromatic heterocycles. The first kappa shape index (κ1) is 20.3. The van der Waals surface area contributed by atoms with E-state index in [0.717, 1.165) is 11.3 Å². The maximum Gasteiger partial charge on any atom is 0.411 e. The van der Waals surface area contributed by atoms with Crippen LogP contribution in [0.4, 0.5) is 10.7 Å². The second-order valence-electron chi connectivity index (χ2n) is 6.89. The van der Waals surface area contributed by atoms with E-state index in [4.69, 9.17) is 9.84 Å². The molecule has 31 heavy (non-hydrogen) atoms. The van der Waals surface area contributed by atoms with Gasteiger partial charge in [-0.05, 0) is 48.5 Å². The van der Waals surface area contributed by atoms with Crippen LogP contribution in [0.1, 0.15) is 31.1 Å². The zero-order valence-electron chi connectivity index (χ0n) is 16.5. The molecule has 0 saturated heterocycles. The highest BCUT2D eigenvalue weighted by molar-refractivity contribution is 5.80. The van der Waals surface area contributed by atoms with Crippen LogP contribution in [0, 0.1) is 0 Å². The van der Waals surface area contributed by atoms with E-state index < -0.39 is 12.4 Å². The number of anilines is 1. The fraction of sp³-hybridized carbons (Fsp3) is 0.182. The molecule has 1 fully saturated rings. The van der Waals surface area contributed by atoms with Crippen LogP contribution in [0.3, 0.4) is 0 Å². The number of hydrogen-bond donors (Lipinski definition) is 3. The summed E-state index contributed by atoms with van der Waals surface area (Å²) in [4.78, 5) is 18.9. The molecule has 3 N–H and O–H groups in total. The molecular formula is C22H21N5O4. The van der Waals surface area contributed by atoms with Crippen LogP contribution in [-0.4, -0.2) is 35.9 Å². The summed E-state index contributed by atoms with van der Waals surface area (Å²) in [6.45, 7) is 0. The molecular weight excluding hydrogens is 398 g/mol. The van der Waals surface area contributed by atoms with E-state index in [9.17, 15) is 9.90 Å². The fourth-order valence-electron chi connectivity index (χ4n) is 2.70. The average molecular weight is 419 g/mol. The summed E-state index contributed by atoms with van der Waals surface area (Å²) in [6, 6.07) is 15.9. The Labute approximate surface area is 178 Å². The van der Waals surface area contributed by atoms with Crippen molar-refractivity contribution < 1.29 is 19.7 Å². The molecule has 1 aliphatic rings. The number of aliphatic hydroxyl groups is 1.